The van der Waals surface area contributed by atoms with Gasteiger partial charge in [-0.05, 0) is 85.0 Å². The second-order valence-electron chi connectivity index (χ2n) is 15.6. The molecule has 2 amide bonds. The number of esters is 1. The first-order chi connectivity index (χ1) is 24.3. The highest BCUT2D eigenvalue weighted by Crippen LogP contribution is 2.56. The third-order valence-corrected chi connectivity index (χ3v) is 15.9. The van der Waals surface area contributed by atoms with E-state index in [4.69, 9.17) is 28.1 Å². The highest BCUT2D eigenvalue weighted by atomic mass is 28.4. The second kappa shape index (κ2) is 13.4. The van der Waals surface area contributed by atoms with Gasteiger partial charge in [0.15, 0.2) is 28.7 Å². The molecule has 0 bridgehead atoms. The molecule has 1 N–H and O–H groups in total. The summed E-state index contributed by atoms with van der Waals surface area (Å²) >= 11 is 0. The Balaban J connectivity index is 1.26. The van der Waals surface area contributed by atoms with Gasteiger partial charge in [0.25, 0.3) is 20.1 Å². The van der Waals surface area contributed by atoms with Gasteiger partial charge in [-0.2, -0.15) is 0 Å². The average Bonchev–Trinajstić information content (AvgIpc) is 3.79. The van der Waals surface area contributed by atoms with Crippen molar-refractivity contribution in [1.82, 2.24) is 15.1 Å². The Hall–Kier alpha value is -4.23. The maximum Gasteiger partial charge on any atom is 0.310 e. The molecule has 4 atom stereocenters. The first kappa shape index (κ1) is 35.2. The molecule has 274 valence electrons. The van der Waals surface area contributed by atoms with Crippen LogP contribution in [0.4, 0.5) is 0 Å². The number of piperidine rings is 1. The van der Waals surface area contributed by atoms with Gasteiger partial charge in [-0.15, -0.1) is 0 Å². The van der Waals surface area contributed by atoms with E-state index in [1.807, 2.05) is 24.3 Å². The number of hydrogen-bond donors (Lipinski definition) is 1. The van der Waals surface area contributed by atoms with E-state index in [0.717, 1.165) is 42.6 Å². The molecule has 4 aliphatic heterocycles. The van der Waals surface area contributed by atoms with E-state index in [0.29, 0.717) is 41.8 Å². The fourth-order valence-electron chi connectivity index (χ4n) is 7.75. The number of carbonyl (C=O) groups excluding carboxylic acids is 3. The van der Waals surface area contributed by atoms with E-state index < -0.39 is 26.2 Å². The maximum atomic E-state index is 13.8. The van der Waals surface area contributed by atoms with Crippen molar-refractivity contribution in [1.29, 1.82) is 0 Å². The van der Waals surface area contributed by atoms with E-state index in [-0.39, 0.29) is 47.8 Å². The molecule has 7 rings (SSSR count). The van der Waals surface area contributed by atoms with Crippen LogP contribution in [0.5, 0.6) is 28.7 Å². The molecule has 12 nitrogen and oxygen atoms in total. The number of hydrogen-bond acceptors (Lipinski definition) is 11. The van der Waals surface area contributed by atoms with Crippen LogP contribution in [0.3, 0.4) is 0 Å². The van der Waals surface area contributed by atoms with Crippen LogP contribution >= 0.6 is 0 Å². The van der Waals surface area contributed by atoms with Crippen molar-refractivity contribution in [3.8, 4) is 28.7 Å². The molecule has 13 heteroatoms. The van der Waals surface area contributed by atoms with Crippen LogP contribution in [0.15, 0.2) is 36.0 Å². The molecule has 2 aromatic rings. The number of likely N-dealkylation sites (tertiary alicyclic amines) is 1. The maximum absolute atomic E-state index is 13.8. The fraction of sp³-hybridized carbons (Fsp3) is 0.553. The number of imide groups is 1. The van der Waals surface area contributed by atoms with Gasteiger partial charge in [0.05, 0.1) is 32.8 Å². The number of methoxy groups -OCH3 is 2. The molecule has 2 saturated heterocycles. The number of rotatable bonds is 10. The summed E-state index contributed by atoms with van der Waals surface area (Å²) in [5.41, 5.74) is 2.64. The van der Waals surface area contributed by atoms with Gasteiger partial charge in [-0.25, -0.2) is 0 Å². The number of carbonyl (C=O) groups is 3. The SMILES string of the molecule is COc1cc([C@@H]2c3cc4c(cc3[C@@H](NC3=CC(=O)N(CCN5CCCCC5)C3=O)[C@H]3COC(=O)[C@H]23)OCO4)cc(OC)c1O[Si](C)(C)C(C)(C)C. The predicted octanol–water partition coefficient (Wildman–Crippen LogP) is 5.12. The van der Waals surface area contributed by atoms with Crippen LogP contribution in [0, 0.1) is 11.8 Å². The number of benzene rings is 2. The predicted molar refractivity (Wildman–Crippen MR) is 191 cm³/mol. The van der Waals surface area contributed by atoms with Crippen LogP contribution in [-0.2, 0) is 19.1 Å². The third-order valence-electron chi connectivity index (χ3n) is 11.6. The van der Waals surface area contributed by atoms with Crippen LogP contribution < -0.4 is 28.7 Å². The van der Waals surface area contributed by atoms with E-state index in [2.05, 4.69) is 44.1 Å². The lowest BCUT2D eigenvalue weighted by Gasteiger charge is -2.40. The first-order valence-corrected chi connectivity index (χ1v) is 20.8. The standard InChI is InChI=1S/C38H49N3O9Si/c1-38(2,3)51(6,7)50-35-29(45-4)15-22(16-30(35)46-5)32-23-17-27-28(49-21-48-27)18-24(23)34(25-20-47-37(44)33(25)32)39-26-19-31(42)41(36(26)43)14-13-40-11-9-8-10-12-40/h15-19,25,32-34,39H,8-14,20-21H2,1-7H3/t25-,32+,33-,34+/m0/s1. The van der Waals surface area contributed by atoms with E-state index >= 15 is 0 Å². The Morgan fingerprint density at radius 1 is 0.882 bits per heavy atom. The van der Waals surface area contributed by atoms with Crippen LogP contribution in [0.1, 0.15) is 68.7 Å². The monoisotopic (exact) mass is 719 g/mol. The molecule has 1 aliphatic carbocycles. The quantitative estimate of drug-likeness (QED) is 0.200. The molecule has 2 fully saturated rings. The van der Waals surface area contributed by atoms with Gasteiger partial charge in [0.2, 0.25) is 6.79 Å². The minimum absolute atomic E-state index is 0.0691. The zero-order valence-electron chi connectivity index (χ0n) is 30.6. The number of ether oxygens (including phenoxy) is 5. The summed E-state index contributed by atoms with van der Waals surface area (Å²) in [6, 6.07) is 7.14. The molecule has 2 aromatic carbocycles. The van der Waals surface area contributed by atoms with Crippen molar-refractivity contribution in [3.63, 3.8) is 0 Å². The molecule has 0 saturated carbocycles. The van der Waals surface area contributed by atoms with Crippen molar-refractivity contribution in [3.05, 3.63) is 52.7 Å². The topological polar surface area (TPSA) is 125 Å². The zero-order chi connectivity index (χ0) is 36.2. The number of nitrogens with one attached hydrogen (secondary N) is 1. The van der Waals surface area contributed by atoms with Gasteiger partial charge >= 0.3 is 5.97 Å². The van der Waals surface area contributed by atoms with Crippen molar-refractivity contribution < 1.29 is 42.5 Å². The summed E-state index contributed by atoms with van der Waals surface area (Å²) in [7, 11) is 0.902. The fourth-order valence-corrected chi connectivity index (χ4v) is 8.77. The number of fused-ring (bicyclic) bond motifs is 3. The highest BCUT2D eigenvalue weighted by Gasteiger charge is 2.53. The van der Waals surface area contributed by atoms with E-state index in [1.54, 1.807) is 14.2 Å². The highest BCUT2D eigenvalue weighted by molar-refractivity contribution is 6.74. The molecule has 0 unspecified atom stereocenters. The first-order valence-electron chi connectivity index (χ1n) is 17.9. The number of amides is 2. The summed E-state index contributed by atoms with van der Waals surface area (Å²) in [6.07, 6.45) is 4.85. The lowest BCUT2D eigenvalue weighted by molar-refractivity contribution is -0.141. The van der Waals surface area contributed by atoms with Gasteiger partial charge in [-0.1, -0.05) is 27.2 Å². The lowest BCUT2D eigenvalue weighted by atomic mass is 9.65. The second-order valence-corrected chi connectivity index (χ2v) is 20.4. The molecule has 51 heavy (non-hydrogen) atoms. The van der Waals surface area contributed by atoms with Gasteiger partial charge in [0, 0.05) is 31.0 Å². The molecule has 0 radical (unpaired) electrons. The lowest BCUT2D eigenvalue weighted by Crippen LogP contribution is -2.44. The van der Waals surface area contributed by atoms with Crippen molar-refractivity contribution >= 4 is 26.1 Å². The molecule has 0 aromatic heterocycles. The number of cyclic esters (lactones) is 1. The Bertz CT molecular complexity index is 1740. The average molecular weight is 720 g/mol. The Kier molecular flexibility index (Phi) is 9.24. The summed E-state index contributed by atoms with van der Waals surface area (Å²) in [4.78, 5) is 44.2. The zero-order valence-corrected chi connectivity index (χ0v) is 31.6. The molecular formula is C38H49N3O9Si. The Morgan fingerprint density at radius 3 is 2.16 bits per heavy atom. The van der Waals surface area contributed by atoms with Gasteiger partial charge < -0.3 is 38.3 Å². The van der Waals surface area contributed by atoms with Gasteiger partial charge in [-0.3, -0.25) is 19.3 Å². The molecule has 0 spiro atoms. The van der Waals surface area contributed by atoms with Crippen LogP contribution in [0.2, 0.25) is 18.1 Å². The minimum Gasteiger partial charge on any atom is -0.539 e. The molecular weight excluding hydrogens is 671 g/mol. The van der Waals surface area contributed by atoms with Crippen molar-refractivity contribution in [2.24, 2.45) is 11.8 Å². The minimum atomic E-state index is -2.29. The van der Waals surface area contributed by atoms with Crippen molar-refractivity contribution in [2.45, 2.75) is 70.1 Å². The Morgan fingerprint density at radius 2 is 1.53 bits per heavy atom. The van der Waals surface area contributed by atoms with E-state index in [9.17, 15) is 14.4 Å². The summed E-state index contributed by atoms with van der Waals surface area (Å²) < 4.78 is 36.0. The third kappa shape index (κ3) is 6.32. The van der Waals surface area contributed by atoms with Crippen molar-refractivity contribution in [2.75, 3.05) is 53.8 Å². The molecule has 4 heterocycles. The summed E-state index contributed by atoms with van der Waals surface area (Å²) in [5.74, 6) is 0.151. The van der Waals surface area contributed by atoms with Gasteiger partial charge in [0.1, 0.15) is 5.70 Å². The van der Waals surface area contributed by atoms with Crippen LogP contribution in [-0.4, -0.2) is 89.7 Å². The summed E-state index contributed by atoms with van der Waals surface area (Å²) in [6.45, 7) is 14.0. The number of nitrogens with zero attached hydrogens (tertiary/aromatic N) is 2. The Labute approximate surface area is 300 Å². The molecule has 5 aliphatic rings. The normalized spacial score (nSPS) is 24.6. The van der Waals surface area contributed by atoms with E-state index in [1.165, 1.54) is 17.4 Å². The van der Waals surface area contributed by atoms with Crippen LogP contribution in [0.25, 0.3) is 0 Å². The smallest absolute Gasteiger partial charge is 0.310 e. The largest absolute Gasteiger partial charge is 0.539 e. The summed E-state index contributed by atoms with van der Waals surface area (Å²) in [5, 5.41) is 3.34.